The van der Waals surface area contributed by atoms with Gasteiger partial charge < -0.3 is 4.90 Å². The van der Waals surface area contributed by atoms with Gasteiger partial charge in [0, 0.05) is 25.3 Å². The van der Waals surface area contributed by atoms with E-state index in [0.717, 1.165) is 31.6 Å². The molecule has 19 heavy (non-hydrogen) atoms. The second kappa shape index (κ2) is 6.39. The third-order valence-electron chi connectivity index (χ3n) is 3.44. The lowest BCUT2D eigenvalue weighted by molar-refractivity contribution is 0.578. The largest absolute Gasteiger partial charge is 0.372 e. The van der Waals surface area contributed by atoms with Gasteiger partial charge in [0.2, 0.25) is 10.0 Å². The van der Waals surface area contributed by atoms with Crippen molar-refractivity contribution in [1.29, 1.82) is 0 Å². The van der Waals surface area contributed by atoms with E-state index in [1.807, 2.05) is 19.1 Å². The van der Waals surface area contributed by atoms with Gasteiger partial charge in [-0.1, -0.05) is 13.3 Å². The molecular formula is C14H22N2O2S. The van der Waals surface area contributed by atoms with Crippen LogP contribution in [-0.4, -0.2) is 28.1 Å². The Labute approximate surface area is 115 Å². The van der Waals surface area contributed by atoms with Crippen LogP contribution in [0.4, 0.5) is 5.69 Å². The molecule has 1 N–H and O–H groups in total. The highest BCUT2D eigenvalue weighted by Gasteiger charge is 2.15. The first-order chi connectivity index (χ1) is 9.13. The van der Waals surface area contributed by atoms with Gasteiger partial charge >= 0.3 is 0 Å². The van der Waals surface area contributed by atoms with Crippen molar-refractivity contribution in [3.63, 3.8) is 0 Å². The minimum atomic E-state index is -3.34. The second-order valence-electron chi connectivity index (χ2n) is 4.94. The van der Waals surface area contributed by atoms with Crippen molar-refractivity contribution < 1.29 is 8.42 Å². The first-order valence-corrected chi connectivity index (χ1v) is 8.46. The predicted octanol–water partition coefficient (Wildman–Crippen LogP) is 2.37. The zero-order valence-corrected chi connectivity index (χ0v) is 12.2. The van der Waals surface area contributed by atoms with Crippen molar-refractivity contribution in [3.8, 4) is 0 Å². The highest BCUT2D eigenvalue weighted by molar-refractivity contribution is 7.89. The average Bonchev–Trinajstić information content (AvgIpc) is 2.93. The first-order valence-electron chi connectivity index (χ1n) is 6.98. The Hall–Kier alpha value is -1.07. The summed E-state index contributed by atoms with van der Waals surface area (Å²) in [5, 5.41) is 0. The summed E-state index contributed by atoms with van der Waals surface area (Å²) in [5.41, 5.74) is 1.12. The minimum Gasteiger partial charge on any atom is -0.372 e. The van der Waals surface area contributed by atoms with E-state index in [0.29, 0.717) is 11.4 Å². The molecule has 5 heteroatoms. The van der Waals surface area contributed by atoms with Crippen molar-refractivity contribution in [3.05, 3.63) is 24.3 Å². The molecule has 1 aromatic carbocycles. The molecule has 1 fully saturated rings. The Bertz CT molecular complexity index is 491. The van der Waals surface area contributed by atoms with Crippen LogP contribution in [0, 0.1) is 0 Å². The van der Waals surface area contributed by atoms with Crippen LogP contribution in [-0.2, 0) is 10.0 Å². The summed E-state index contributed by atoms with van der Waals surface area (Å²) < 4.78 is 26.7. The summed E-state index contributed by atoms with van der Waals surface area (Å²) in [6, 6.07) is 7.20. The molecule has 1 saturated heterocycles. The number of benzene rings is 1. The summed E-state index contributed by atoms with van der Waals surface area (Å²) in [6.45, 7) is 4.69. The summed E-state index contributed by atoms with van der Waals surface area (Å²) in [4.78, 5) is 2.65. The number of anilines is 1. The van der Waals surface area contributed by atoms with Crippen LogP contribution in [0.5, 0.6) is 0 Å². The summed E-state index contributed by atoms with van der Waals surface area (Å²) in [6.07, 6.45) is 4.29. The lowest BCUT2D eigenvalue weighted by Crippen LogP contribution is -2.25. The van der Waals surface area contributed by atoms with Crippen LogP contribution in [0.3, 0.4) is 0 Å². The van der Waals surface area contributed by atoms with Crippen molar-refractivity contribution in [2.75, 3.05) is 24.5 Å². The van der Waals surface area contributed by atoms with Gasteiger partial charge in [0.05, 0.1) is 4.90 Å². The van der Waals surface area contributed by atoms with Crippen molar-refractivity contribution in [2.45, 2.75) is 37.5 Å². The highest BCUT2D eigenvalue weighted by atomic mass is 32.2. The summed E-state index contributed by atoms with van der Waals surface area (Å²) >= 11 is 0. The maximum Gasteiger partial charge on any atom is 0.240 e. The van der Waals surface area contributed by atoms with E-state index in [1.165, 1.54) is 12.8 Å². The van der Waals surface area contributed by atoms with Gasteiger partial charge in [-0.05, 0) is 43.5 Å². The standard InChI is InChI=1S/C14H22N2O2S/c1-2-3-10-15-19(17,18)14-8-6-13(7-9-14)16-11-4-5-12-16/h6-9,15H,2-5,10-12H2,1H3. The Morgan fingerprint density at radius 1 is 1.16 bits per heavy atom. The number of hydrogen-bond donors (Lipinski definition) is 1. The Balaban J connectivity index is 2.04. The Morgan fingerprint density at radius 2 is 1.79 bits per heavy atom. The first kappa shape index (κ1) is 14.3. The third kappa shape index (κ3) is 3.70. The fourth-order valence-corrected chi connectivity index (χ4v) is 3.35. The molecule has 0 aromatic heterocycles. The molecule has 106 valence electrons. The van der Waals surface area contributed by atoms with Gasteiger partial charge in [-0.3, -0.25) is 0 Å². The van der Waals surface area contributed by atoms with E-state index in [4.69, 9.17) is 0 Å². The molecule has 1 aliphatic heterocycles. The van der Waals surface area contributed by atoms with Crippen LogP contribution in [0.15, 0.2) is 29.2 Å². The van der Waals surface area contributed by atoms with Crippen molar-refractivity contribution in [2.24, 2.45) is 0 Å². The molecule has 0 bridgehead atoms. The lowest BCUT2D eigenvalue weighted by Gasteiger charge is -2.17. The van der Waals surface area contributed by atoms with Gasteiger partial charge in [0.25, 0.3) is 0 Å². The number of rotatable bonds is 6. The smallest absolute Gasteiger partial charge is 0.240 e. The molecule has 1 aromatic rings. The molecule has 1 heterocycles. The van der Waals surface area contributed by atoms with E-state index in [9.17, 15) is 8.42 Å². The topological polar surface area (TPSA) is 49.4 Å². The molecule has 0 unspecified atom stereocenters. The Kier molecular flexibility index (Phi) is 4.82. The van der Waals surface area contributed by atoms with Gasteiger partial charge in [-0.25, -0.2) is 13.1 Å². The average molecular weight is 282 g/mol. The zero-order valence-electron chi connectivity index (χ0n) is 11.4. The molecule has 1 aliphatic rings. The van der Waals surface area contributed by atoms with E-state index in [-0.39, 0.29) is 0 Å². The van der Waals surface area contributed by atoms with Crippen LogP contribution in [0.25, 0.3) is 0 Å². The Morgan fingerprint density at radius 3 is 2.37 bits per heavy atom. The SMILES string of the molecule is CCCCNS(=O)(=O)c1ccc(N2CCCC2)cc1. The molecule has 0 saturated carbocycles. The van der Waals surface area contributed by atoms with Gasteiger partial charge in [0.1, 0.15) is 0 Å². The summed E-state index contributed by atoms with van der Waals surface area (Å²) in [5.74, 6) is 0. The molecule has 0 radical (unpaired) electrons. The maximum absolute atomic E-state index is 12.0. The quantitative estimate of drug-likeness (QED) is 0.815. The van der Waals surface area contributed by atoms with Crippen LogP contribution in [0.2, 0.25) is 0 Å². The van der Waals surface area contributed by atoms with E-state index >= 15 is 0 Å². The number of unbranched alkanes of at least 4 members (excludes halogenated alkanes) is 1. The van der Waals surface area contributed by atoms with Crippen LogP contribution >= 0.6 is 0 Å². The highest BCUT2D eigenvalue weighted by Crippen LogP contribution is 2.21. The molecule has 4 nitrogen and oxygen atoms in total. The number of sulfonamides is 1. The molecule has 0 atom stereocenters. The minimum absolute atomic E-state index is 0.353. The second-order valence-corrected chi connectivity index (χ2v) is 6.71. The van der Waals surface area contributed by atoms with Gasteiger partial charge in [0.15, 0.2) is 0 Å². The monoisotopic (exact) mass is 282 g/mol. The van der Waals surface area contributed by atoms with Crippen molar-refractivity contribution >= 4 is 15.7 Å². The molecular weight excluding hydrogens is 260 g/mol. The predicted molar refractivity (Wildman–Crippen MR) is 78.0 cm³/mol. The molecule has 0 amide bonds. The molecule has 0 spiro atoms. The molecule has 0 aliphatic carbocycles. The fourth-order valence-electron chi connectivity index (χ4n) is 2.28. The fraction of sp³-hybridized carbons (Fsp3) is 0.571. The van der Waals surface area contributed by atoms with Gasteiger partial charge in [-0.15, -0.1) is 0 Å². The maximum atomic E-state index is 12.0. The lowest BCUT2D eigenvalue weighted by atomic mass is 10.3. The van der Waals surface area contributed by atoms with E-state index < -0.39 is 10.0 Å². The van der Waals surface area contributed by atoms with Gasteiger partial charge in [-0.2, -0.15) is 0 Å². The van der Waals surface area contributed by atoms with E-state index in [2.05, 4.69) is 9.62 Å². The summed E-state index contributed by atoms with van der Waals surface area (Å²) in [7, 11) is -3.34. The molecule has 2 rings (SSSR count). The van der Waals surface area contributed by atoms with Crippen LogP contribution in [0.1, 0.15) is 32.6 Å². The number of nitrogens with zero attached hydrogens (tertiary/aromatic N) is 1. The van der Waals surface area contributed by atoms with Crippen molar-refractivity contribution in [1.82, 2.24) is 4.72 Å². The third-order valence-corrected chi connectivity index (χ3v) is 4.92. The number of nitrogens with one attached hydrogen (secondary N) is 1. The van der Waals surface area contributed by atoms with Crippen LogP contribution < -0.4 is 9.62 Å². The normalized spacial score (nSPS) is 15.9. The zero-order chi connectivity index (χ0) is 13.7. The van der Waals surface area contributed by atoms with E-state index in [1.54, 1.807) is 12.1 Å². The number of hydrogen-bond acceptors (Lipinski definition) is 3.